The Morgan fingerprint density at radius 2 is 2.25 bits per heavy atom. The fraction of sp³-hybridized carbons (Fsp3) is 0.429. The van der Waals surface area contributed by atoms with Gasteiger partial charge in [-0.1, -0.05) is 0 Å². The lowest BCUT2D eigenvalue weighted by atomic mass is 10.3. The summed E-state index contributed by atoms with van der Waals surface area (Å²) in [7, 11) is 1.75. The molecule has 1 heterocycles. The van der Waals surface area contributed by atoms with Crippen molar-refractivity contribution < 1.29 is 9.18 Å². The highest BCUT2D eigenvalue weighted by Crippen LogP contribution is 2.18. The number of imidazole rings is 1. The number of nitrogens with zero attached hydrogens (tertiary/aromatic N) is 3. The summed E-state index contributed by atoms with van der Waals surface area (Å²) in [5, 5.41) is 0. The van der Waals surface area contributed by atoms with Crippen molar-refractivity contribution in [2.75, 3.05) is 19.5 Å². The highest BCUT2D eigenvalue weighted by Gasteiger charge is 2.15. The maximum absolute atomic E-state index is 13.3. The zero-order chi connectivity index (χ0) is 14.7. The molecule has 0 N–H and O–H groups in total. The molecule has 1 aromatic carbocycles. The summed E-state index contributed by atoms with van der Waals surface area (Å²) in [5.74, 6) is 0.769. The minimum Gasteiger partial charge on any atom is -0.344 e. The number of halogens is 2. The third-order valence-electron chi connectivity index (χ3n) is 3.30. The fourth-order valence-corrected chi connectivity index (χ4v) is 2.21. The summed E-state index contributed by atoms with van der Waals surface area (Å²) >= 11 is 5.77. The predicted octanol–water partition coefficient (Wildman–Crippen LogP) is 2.44. The second-order valence-electron chi connectivity index (χ2n) is 4.59. The van der Waals surface area contributed by atoms with E-state index in [1.807, 2.05) is 11.5 Å². The SMILES string of the molecule is CCN(C)C(=O)Cn1c(CCCl)nc2cc(F)ccc21. The van der Waals surface area contributed by atoms with E-state index in [1.54, 1.807) is 18.0 Å². The quantitative estimate of drug-likeness (QED) is 0.795. The number of hydrogen-bond acceptors (Lipinski definition) is 2. The molecule has 0 aliphatic carbocycles. The minimum atomic E-state index is -0.337. The van der Waals surface area contributed by atoms with Crippen molar-refractivity contribution in [3.05, 3.63) is 29.8 Å². The van der Waals surface area contributed by atoms with Gasteiger partial charge in [-0.3, -0.25) is 4.79 Å². The van der Waals surface area contributed by atoms with E-state index in [9.17, 15) is 9.18 Å². The summed E-state index contributed by atoms with van der Waals surface area (Å²) in [4.78, 5) is 18.1. The van der Waals surface area contributed by atoms with Crippen molar-refractivity contribution in [2.45, 2.75) is 19.9 Å². The molecule has 20 heavy (non-hydrogen) atoms. The zero-order valence-electron chi connectivity index (χ0n) is 11.6. The van der Waals surface area contributed by atoms with Crippen LogP contribution in [0.25, 0.3) is 11.0 Å². The van der Waals surface area contributed by atoms with E-state index in [4.69, 9.17) is 11.6 Å². The number of fused-ring (bicyclic) bond motifs is 1. The number of alkyl halides is 1. The Morgan fingerprint density at radius 1 is 1.50 bits per heavy atom. The van der Waals surface area contributed by atoms with Crippen molar-refractivity contribution in [3.63, 3.8) is 0 Å². The van der Waals surface area contributed by atoms with E-state index in [0.717, 1.165) is 5.52 Å². The van der Waals surface area contributed by atoms with Crippen molar-refractivity contribution in [3.8, 4) is 0 Å². The largest absolute Gasteiger partial charge is 0.344 e. The van der Waals surface area contributed by atoms with E-state index in [0.29, 0.717) is 30.2 Å². The molecule has 0 radical (unpaired) electrons. The molecule has 0 saturated carbocycles. The van der Waals surface area contributed by atoms with Crippen LogP contribution in [0.1, 0.15) is 12.7 Å². The first-order valence-electron chi connectivity index (χ1n) is 6.51. The average Bonchev–Trinajstić information content (AvgIpc) is 2.75. The van der Waals surface area contributed by atoms with Gasteiger partial charge in [0.1, 0.15) is 18.2 Å². The van der Waals surface area contributed by atoms with Crippen LogP contribution in [0.2, 0.25) is 0 Å². The van der Waals surface area contributed by atoms with Crippen LogP contribution in [0.15, 0.2) is 18.2 Å². The van der Waals surface area contributed by atoms with Crippen LogP contribution in [0.5, 0.6) is 0 Å². The average molecular weight is 298 g/mol. The van der Waals surface area contributed by atoms with Crippen molar-refractivity contribution >= 4 is 28.5 Å². The van der Waals surface area contributed by atoms with E-state index < -0.39 is 0 Å². The number of benzene rings is 1. The van der Waals surface area contributed by atoms with Crippen molar-refractivity contribution in [1.82, 2.24) is 14.5 Å². The number of amides is 1. The van der Waals surface area contributed by atoms with Crippen molar-refractivity contribution in [1.29, 1.82) is 0 Å². The lowest BCUT2D eigenvalue weighted by Gasteiger charge is -2.16. The molecule has 0 spiro atoms. The summed E-state index contributed by atoms with van der Waals surface area (Å²) in [6.45, 7) is 2.75. The van der Waals surface area contributed by atoms with Crippen LogP contribution in [-0.4, -0.2) is 39.8 Å². The highest BCUT2D eigenvalue weighted by molar-refractivity contribution is 6.17. The summed E-state index contributed by atoms with van der Waals surface area (Å²) in [6.07, 6.45) is 0.543. The molecular weight excluding hydrogens is 281 g/mol. The molecule has 0 aliphatic rings. The lowest BCUT2D eigenvalue weighted by Crippen LogP contribution is -2.30. The van der Waals surface area contributed by atoms with Gasteiger partial charge >= 0.3 is 0 Å². The molecule has 6 heteroatoms. The number of rotatable bonds is 5. The molecule has 2 rings (SSSR count). The molecule has 0 atom stereocenters. The van der Waals surface area contributed by atoms with Crippen LogP contribution in [0, 0.1) is 5.82 Å². The Labute approximate surface area is 122 Å². The number of hydrogen-bond donors (Lipinski definition) is 0. The minimum absolute atomic E-state index is 0.00746. The van der Waals surface area contributed by atoms with Gasteiger partial charge in [-0.15, -0.1) is 11.6 Å². The molecule has 0 fully saturated rings. The molecule has 1 amide bonds. The molecular formula is C14H17ClFN3O. The Balaban J connectivity index is 2.43. The molecule has 0 aliphatic heterocycles. The van der Waals surface area contributed by atoms with E-state index in [2.05, 4.69) is 4.98 Å². The first-order chi connectivity index (χ1) is 9.56. The molecule has 108 valence electrons. The highest BCUT2D eigenvalue weighted by atomic mass is 35.5. The normalized spacial score (nSPS) is 11.0. The Hall–Kier alpha value is -1.62. The van der Waals surface area contributed by atoms with Gasteiger partial charge in [0, 0.05) is 32.0 Å². The van der Waals surface area contributed by atoms with Crippen LogP contribution in [-0.2, 0) is 17.8 Å². The predicted molar refractivity (Wildman–Crippen MR) is 77.4 cm³/mol. The van der Waals surface area contributed by atoms with Gasteiger partial charge < -0.3 is 9.47 Å². The van der Waals surface area contributed by atoms with E-state index >= 15 is 0 Å². The van der Waals surface area contributed by atoms with Crippen LogP contribution >= 0.6 is 11.6 Å². The monoisotopic (exact) mass is 297 g/mol. The first kappa shape index (κ1) is 14.8. The first-order valence-corrected chi connectivity index (χ1v) is 7.04. The number of carbonyl (C=O) groups is 1. The number of aromatic nitrogens is 2. The lowest BCUT2D eigenvalue weighted by molar-refractivity contribution is -0.130. The molecule has 0 unspecified atom stereocenters. The summed E-state index contributed by atoms with van der Waals surface area (Å²) in [5.41, 5.74) is 1.31. The molecule has 0 saturated heterocycles. The Kier molecular flexibility index (Phi) is 4.60. The fourth-order valence-electron chi connectivity index (χ4n) is 2.04. The zero-order valence-corrected chi connectivity index (χ0v) is 12.3. The van der Waals surface area contributed by atoms with Gasteiger partial charge in [0.05, 0.1) is 11.0 Å². The van der Waals surface area contributed by atoms with Gasteiger partial charge in [0.15, 0.2) is 0 Å². The van der Waals surface area contributed by atoms with Crippen LogP contribution in [0.4, 0.5) is 4.39 Å². The van der Waals surface area contributed by atoms with Crippen LogP contribution < -0.4 is 0 Å². The summed E-state index contributed by atoms with van der Waals surface area (Å²) in [6, 6.07) is 4.39. The maximum atomic E-state index is 13.3. The molecule has 4 nitrogen and oxygen atoms in total. The van der Waals surface area contributed by atoms with Crippen LogP contribution in [0.3, 0.4) is 0 Å². The Bertz CT molecular complexity index is 626. The topological polar surface area (TPSA) is 38.1 Å². The third-order valence-corrected chi connectivity index (χ3v) is 3.49. The standard InChI is InChI=1S/C14H17ClFN3O/c1-3-18(2)14(20)9-19-12-5-4-10(16)8-11(12)17-13(19)6-7-15/h4-5,8H,3,6-7,9H2,1-2H3. The second kappa shape index (κ2) is 6.22. The van der Waals surface area contributed by atoms with E-state index in [1.165, 1.54) is 12.1 Å². The number of aryl methyl sites for hydroxylation is 1. The van der Waals surface area contributed by atoms with E-state index in [-0.39, 0.29) is 18.3 Å². The van der Waals surface area contributed by atoms with Crippen molar-refractivity contribution in [2.24, 2.45) is 0 Å². The van der Waals surface area contributed by atoms with Gasteiger partial charge in [-0.2, -0.15) is 0 Å². The van der Waals surface area contributed by atoms with Gasteiger partial charge in [0.2, 0.25) is 5.91 Å². The maximum Gasteiger partial charge on any atom is 0.242 e. The number of likely N-dealkylation sites (N-methyl/N-ethyl adjacent to an activating group) is 1. The number of carbonyl (C=O) groups excluding carboxylic acids is 1. The van der Waals surface area contributed by atoms with Gasteiger partial charge in [-0.05, 0) is 19.1 Å². The smallest absolute Gasteiger partial charge is 0.242 e. The summed E-state index contributed by atoms with van der Waals surface area (Å²) < 4.78 is 15.1. The Morgan fingerprint density at radius 3 is 2.90 bits per heavy atom. The molecule has 2 aromatic rings. The van der Waals surface area contributed by atoms with Gasteiger partial charge in [0.25, 0.3) is 0 Å². The molecule has 1 aromatic heterocycles. The third kappa shape index (κ3) is 2.93. The molecule has 0 bridgehead atoms. The van der Waals surface area contributed by atoms with Gasteiger partial charge in [-0.25, -0.2) is 9.37 Å². The second-order valence-corrected chi connectivity index (χ2v) is 4.97.